The molecule has 2 heterocycles. The van der Waals surface area contributed by atoms with E-state index in [0.717, 1.165) is 5.56 Å². The molecule has 2 aromatic carbocycles. The highest BCUT2D eigenvalue weighted by molar-refractivity contribution is 6.58. The van der Waals surface area contributed by atoms with Gasteiger partial charge in [-0.1, -0.05) is 30.3 Å². The van der Waals surface area contributed by atoms with Crippen molar-refractivity contribution in [1.82, 2.24) is 24.5 Å². The lowest BCUT2D eigenvalue weighted by atomic mass is 9.80. The summed E-state index contributed by atoms with van der Waals surface area (Å²) >= 11 is 0. The summed E-state index contributed by atoms with van der Waals surface area (Å²) in [5.41, 5.74) is 7.70. The fourth-order valence-electron chi connectivity index (χ4n) is 3.27. The van der Waals surface area contributed by atoms with Gasteiger partial charge in [-0.25, -0.2) is 4.57 Å². The van der Waals surface area contributed by atoms with Crippen LogP contribution in [0.15, 0.2) is 42.5 Å². The minimum atomic E-state index is -1.57. The van der Waals surface area contributed by atoms with Gasteiger partial charge in [0.1, 0.15) is 5.52 Å². The van der Waals surface area contributed by atoms with Crippen LogP contribution >= 0.6 is 0 Å². The largest absolute Gasteiger partial charge is 0.488 e. The number of ether oxygens (including phenoxy) is 2. The van der Waals surface area contributed by atoms with Crippen molar-refractivity contribution in [2.24, 2.45) is 5.73 Å². The fraction of sp³-hybridized carbons (Fsp3) is 0.150. The minimum absolute atomic E-state index is 0.0389. The Morgan fingerprint density at radius 2 is 1.88 bits per heavy atom. The van der Waals surface area contributed by atoms with Crippen molar-refractivity contribution in [1.29, 1.82) is 0 Å². The van der Waals surface area contributed by atoms with E-state index in [1.54, 1.807) is 36.4 Å². The van der Waals surface area contributed by atoms with Crippen molar-refractivity contribution < 1.29 is 24.3 Å². The molecule has 12 nitrogen and oxygen atoms in total. The maximum absolute atomic E-state index is 11.8. The molecule has 0 unspecified atom stereocenters. The number of hydrogen-bond donors (Lipinski definition) is 4. The Labute approximate surface area is 188 Å². The number of methoxy groups -OCH3 is 2. The summed E-state index contributed by atoms with van der Waals surface area (Å²) in [7, 11) is 1.28. The van der Waals surface area contributed by atoms with Crippen LogP contribution in [0.3, 0.4) is 0 Å². The molecular weight excluding hydrogens is 429 g/mol. The highest BCUT2D eigenvalue weighted by Crippen LogP contribution is 2.27. The number of carbonyl (C=O) groups excluding carboxylic acids is 1. The van der Waals surface area contributed by atoms with Gasteiger partial charge in [0.25, 0.3) is 5.91 Å². The molecular formula is C20H20BN7O5. The molecule has 2 aromatic heterocycles. The zero-order chi connectivity index (χ0) is 23.5. The van der Waals surface area contributed by atoms with Gasteiger partial charge < -0.3 is 30.6 Å². The number of aromatic nitrogens is 5. The number of fused-ring (bicyclic) bond motifs is 1. The molecule has 5 N–H and O–H groups in total. The Kier molecular flexibility index (Phi) is 6.06. The number of nitrogens with zero attached hydrogens (tertiary/aromatic N) is 5. The number of rotatable bonds is 8. The van der Waals surface area contributed by atoms with Crippen LogP contribution in [0.1, 0.15) is 15.9 Å². The summed E-state index contributed by atoms with van der Waals surface area (Å²) in [6, 6.07) is 11.9. The quantitative estimate of drug-likeness (QED) is 0.260. The Hall–Kier alpha value is -4.23. The van der Waals surface area contributed by atoms with Crippen molar-refractivity contribution in [3.05, 3.63) is 53.6 Å². The molecule has 0 atom stereocenters. The van der Waals surface area contributed by atoms with Gasteiger partial charge in [0.05, 0.1) is 25.3 Å². The second-order valence-corrected chi connectivity index (χ2v) is 6.89. The monoisotopic (exact) mass is 449 g/mol. The molecule has 168 valence electrons. The molecule has 0 radical (unpaired) electrons. The number of anilines is 1. The second kappa shape index (κ2) is 9.10. The standard InChI is InChI=1S/C20H20BN7O5/c1-32-19-26-17(23-10-11-5-3-6-12(9-11)21(30)31)25-18(27-19)28-14-8-4-7-13(16(22)29)15(14)24-20(28)33-2/h3-9,30-31H,10H2,1-2H3,(H2,22,29)(H,23,25,26,27). The highest BCUT2D eigenvalue weighted by atomic mass is 16.5. The average molecular weight is 449 g/mol. The van der Waals surface area contributed by atoms with Gasteiger partial charge in [-0.3, -0.25) is 4.79 Å². The number of carbonyl (C=O) groups is 1. The van der Waals surface area contributed by atoms with Crippen LogP contribution in [0.2, 0.25) is 0 Å². The van der Waals surface area contributed by atoms with Crippen LogP contribution in [0, 0.1) is 0 Å². The van der Waals surface area contributed by atoms with Crippen LogP contribution in [-0.4, -0.2) is 61.8 Å². The molecule has 4 aromatic rings. The van der Waals surface area contributed by atoms with Crippen molar-refractivity contribution in [3.8, 4) is 18.0 Å². The molecule has 0 fully saturated rings. The number of benzene rings is 2. The number of nitrogens with one attached hydrogen (secondary N) is 1. The molecule has 0 saturated heterocycles. The van der Waals surface area contributed by atoms with E-state index in [1.807, 2.05) is 6.07 Å². The Morgan fingerprint density at radius 1 is 1.09 bits per heavy atom. The number of para-hydroxylation sites is 1. The summed E-state index contributed by atoms with van der Waals surface area (Å²) in [6.07, 6.45) is 0. The average Bonchev–Trinajstić information content (AvgIpc) is 3.21. The van der Waals surface area contributed by atoms with E-state index in [-0.39, 0.29) is 29.5 Å². The number of amides is 1. The van der Waals surface area contributed by atoms with Crippen LogP contribution in [0.4, 0.5) is 5.95 Å². The van der Waals surface area contributed by atoms with Crippen molar-refractivity contribution >= 4 is 35.5 Å². The van der Waals surface area contributed by atoms with Gasteiger partial charge in [-0.05, 0) is 23.2 Å². The smallest absolute Gasteiger partial charge is 0.468 e. The van der Waals surface area contributed by atoms with Crippen LogP contribution < -0.4 is 26.0 Å². The van der Waals surface area contributed by atoms with Crippen molar-refractivity contribution in [2.75, 3.05) is 19.5 Å². The zero-order valence-electron chi connectivity index (χ0n) is 17.8. The van der Waals surface area contributed by atoms with Gasteiger partial charge in [0.15, 0.2) is 0 Å². The summed E-state index contributed by atoms with van der Waals surface area (Å²) in [5.74, 6) is -0.287. The van der Waals surface area contributed by atoms with Gasteiger partial charge in [0.2, 0.25) is 11.9 Å². The SMILES string of the molecule is COc1nc(NCc2cccc(B(O)O)c2)nc(-n2c(OC)nc3c(C(N)=O)cccc32)n1. The molecule has 0 aliphatic carbocycles. The first-order chi connectivity index (χ1) is 15.9. The maximum atomic E-state index is 11.8. The number of hydrogen-bond acceptors (Lipinski definition) is 10. The van der Waals surface area contributed by atoms with Gasteiger partial charge in [-0.15, -0.1) is 0 Å². The summed E-state index contributed by atoms with van der Waals surface area (Å²) in [5, 5.41) is 21.8. The van der Waals surface area contributed by atoms with Gasteiger partial charge in [0, 0.05) is 6.54 Å². The van der Waals surface area contributed by atoms with E-state index in [1.165, 1.54) is 18.8 Å². The van der Waals surface area contributed by atoms with Crippen LogP contribution in [0.25, 0.3) is 17.0 Å². The molecule has 0 aliphatic heterocycles. The Balaban J connectivity index is 1.75. The normalized spacial score (nSPS) is 10.8. The molecule has 0 bridgehead atoms. The molecule has 0 spiro atoms. The first-order valence-corrected chi connectivity index (χ1v) is 9.75. The fourth-order valence-corrected chi connectivity index (χ4v) is 3.27. The van der Waals surface area contributed by atoms with Gasteiger partial charge >= 0.3 is 19.1 Å². The van der Waals surface area contributed by atoms with E-state index in [2.05, 4.69) is 25.3 Å². The Bertz CT molecular complexity index is 1330. The summed E-state index contributed by atoms with van der Waals surface area (Å²) < 4.78 is 12.1. The van der Waals surface area contributed by atoms with E-state index in [4.69, 9.17) is 15.2 Å². The van der Waals surface area contributed by atoms with Crippen molar-refractivity contribution in [2.45, 2.75) is 6.54 Å². The second-order valence-electron chi connectivity index (χ2n) is 6.89. The molecule has 0 saturated carbocycles. The minimum Gasteiger partial charge on any atom is -0.468 e. The summed E-state index contributed by atoms with van der Waals surface area (Å²) in [6.45, 7) is 0.292. The highest BCUT2D eigenvalue weighted by Gasteiger charge is 2.21. The predicted octanol–water partition coefficient (Wildman–Crippen LogP) is -0.382. The van der Waals surface area contributed by atoms with Crippen LogP contribution in [-0.2, 0) is 6.54 Å². The lowest BCUT2D eigenvalue weighted by molar-refractivity contribution is 0.100. The molecule has 0 aliphatic rings. The lowest BCUT2D eigenvalue weighted by Crippen LogP contribution is -2.30. The predicted molar refractivity (Wildman–Crippen MR) is 120 cm³/mol. The van der Waals surface area contributed by atoms with E-state index < -0.39 is 13.0 Å². The van der Waals surface area contributed by atoms with Crippen LogP contribution in [0.5, 0.6) is 12.0 Å². The number of primary amides is 1. The number of nitrogens with two attached hydrogens (primary N) is 1. The molecule has 33 heavy (non-hydrogen) atoms. The zero-order valence-corrected chi connectivity index (χ0v) is 17.8. The number of imidazole rings is 1. The molecule has 1 amide bonds. The van der Waals surface area contributed by atoms with E-state index in [9.17, 15) is 14.8 Å². The third-order valence-corrected chi connectivity index (χ3v) is 4.79. The lowest BCUT2D eigenvalue weighted by Gasteiger charge is -2.11. The molecule has 4 rings (SSSR count). The molecule has 13 heteroatoms. The first kappa shape index (κ1) is 22.0. The third kappa shape index (κ3) is 4.40. The maximum Gasteiger partial charge on any atom is 0.488 e. The van der Waals surface area contributed by atoms with Crippen molar-refractivity contribution in [3.63, 3.8) is 0 Å². The first-order valence-electron chi connectivity index (χ1n) is 9.75. The van der Waals surface area contributed by atoms with E-state index in [0.29, 0.717) is 23.0 Å². The Morgan fingerprint density at radius 3 is 2.58 bits per heavy atom. The topological polar surface area (TPSA) is 171 Å². The summed E-state index contributed by atoms with van der Waals surface area (Å²) in [4.78, 5) is 29.1. The van der Waals surface area contributed by atoms with Gasteiger partial charge in [-0.2, -0.15) is 19.9 Å². The van der Waals surface area contributed by atoms with E-state index >= 15 is 0 Å². The third-order valence-electron chi connectivity index (χ3n) is 4.79.